The van der Waals surface area contributed by atoms with Crippen molar-refractivity contribution in [3.8, 4) is 0 Å². The molecule has 1 saturated heterocycles. The monoisotopic (exact) mass is 400 g/mol. The third-order valence-corrected chi connectivity index (χ3v) is 6.09. The Hall–Kier alpha value is -2.68. The first-order valence-corrected chi connectivity index (χ1v) is 10.1. The van der Waals surface area contributed by atoms with Gasteiger partial charge in [0, 0.05) is 51.1 Å². The fourth-order valence-electron chi connectivity index (χ4n) is 4.54. The normalized spacial score (nSPS) is 18.3. The highest BCUT2D eigenvalue weighted by Crippen LogP contribution is 2.42. The minimum Gasteiger partial charge on any atom is -0.375 e. The van der Waals surface area contributed by atoms with Crippen LogP contribution in [0.5, 0.6) is 0 Å². The molecule has 156 valence electrons. The van der Waals surface area contributed by atoms with Crippen molar-refractivity contribution < 1.29 is 14.3 Å². The van der Waals surface area contributed by atoms with E-state index in [0.717, 1.165) is 17.8 Å². The summed E-state index contributed by atoms with van der Waals surface area (Å²) in [5.74, 6) is -0.0429. The van der Waals surface area contributed by atoms with E-state index >= 15 is 0 Å². The van der Waals surface area contributed by atoms with Crippen molar-refractivity contribution >= 4 is 11.8 Å². The van der Waals surface area contributed by atoms with Crippen LogP contribution in [0, 0.1) is 0 Å². The molecule has 9 nitrogen and oxygen atoms in total. The van der Waals surface area contributed by atoms with Crippen LogP contribution in [0.15, 0.2) is 18.7 Å². The number of rotatable bonds is 4. The molecular weight excluding hydrogens is 372 g/mol. The van der Waals surface area contributed by atoms with Gasteiger partial charge in [-0.1, -0.05) is 0 Å². The highest BCUT2D eigenvalue weighted by Gasteiger charge is 2.49. The number of H-pyrrole nitrogens is 1. The van der Waals surface area contributed by atoms with Crippen LogP contribution in [0.2, 0.25) is 0 Å². The topological polar surface area (TPSA) is 96.3 Å². The quantitative estimate of drug-likeness (QED) is 0.836. The molecule has 2 aromatic rings. The summed E-state index contributed by atoms with van der Waals surface area (Å²) in [5.41, 5.74) is 2.14. The van der Waals surface area contributed by atoms with Gasteiger partial charge in [0.2, 0.25) is 5.91 Å². The van der Waals surface area contributed by atoms with E-state index in [-0.39, 0.29) is 24.5 Å². The van der Waals surface area contributed by atoms with Gasteiger partial charge in [-0.15, -0.1) is 0 Å². The number of carbonyl (C=O) groups is 2. The Morgan fingerprint density at radius 3 is 2.69 bits per heavy atom. The van der Waals surface area contributed by atoms with Crippen LogP contribution in [-0.2, 0) is 21.5 Å². The number of methoxy groups -OCH3 is 1. The molecule has 0 aromatic carbocycles. The Morgan fingerprint density at radius 2 is 2.03 bits per heavy atom. The first-order valence-electron chi connectivity index (χ1n) is 10.1. The van der Waals surface area contributed by atoms with Crippen molar-refractivity contribution in [1.29, 1.82) is 0 Å². The van der Waals surface area contributed by atoms with Crippen LogP contribution in [0.1, 0.15) is 54.5 Å². The number of aromatic nitrogens is 4. The molecule has 0 saturated carbocycles. The van der Waals surface area contributed by atoms with Crippen LogP contribution < -0.4 is 0 Å². The number of ether oxygens (including phenoxy) is 1. The molecular formula is C20H28N6O3. The molecule has 29 heavy (non-hydrogen) atoms. The number of amides is 2. The summed E-state index contributed by atoms with van der Waals surface area (Å²) >= 11 is 0. The predicted octanol–water partition coefficient (Wildman–Crippen LogP) is 1.35. The number of nitrogens with zero attached hydrogens (tertiary/aromatic N) is 5. The van der Waals surface area contributed by atoms with Crippen LogP contribution in [0.4, 0.5) is 0 Å². The Morgan fingerprint density at radius 1 is 1.28 bits per heavy atom. The number of aromatic amines is 1. The van der Waals surface area contributed by atoms with Crippen molar-refractivity contribution in [3.05, 3.63) is 35.7 Å². The number of fused-ring (bicyclic) bond motifs is 2. The maximum atomic E-state index is 13.0. The van der Waals surface area contributed by atoms with Gasteiger partial charge in [0.1, 0.15) is 6.61 Å². The molecule has 9 heteroatoms. The van der Waals surface area contributed by atoms with E-state index in [0.29, 0.717) is 38.0 Å². The van der Waals surface area contributed by atoms with Crippen molar-refractivity contribution in [2.75, 3.05) is 33.4 Å². The lowest BCUT2D eigenvalue weighted by molar-refractivity contribution is -0.145. The molecule has 4 heterocycles. The van der Waals surface area contributed by atoms with E-state index < -0.39 is 5.54 Å². The standard InChI is InChI=1S/C20H28N6O3/c1-14(2)26-11-15(10-23-26)19(28)24-8-5-20(6-9-24)18-16(21-13-22-18)4-7-25(20)17(27)12-29-3/h10-11,13-14H,4-9,12H2,1-3H3,(H,21,22). The molecule has 2 aliphatic heterocycles. The zero-order valence-electron chi connectivity index (χ0n) is 17.2. The molecule has 0 unspecified atom stereocenters. The minimum absolute atomic E-state index is 0.0143. The van der Waals surface area contributed by atoms with Crippen molar-refractivity contribution in [1.82, 2.24) is 29.5 Å². The van der Waals surface area contributed by atoms with Gasteiger partial charge in [0.15, 0.2) is 0 Å². The first kappa shape index (κ1) is 19.6. The molecule has 2 amide bonds. The van der Waals surface area contributed by atoms with Crippen LogP contribution >= 0.6 is 0 Å². The molecule has 2 aliphatic rings. The Balaban J connectivity index is 1.55. The van der Waals surface area contributed by atoms with Gasteiger partial charge in [-0.25, -0.2) is 4.98 Å². The molecule has 0 aliphatic carbocycles. The third kappa shape index (κ3) is 3.33. The lowest BCUT2D eigenvalue weighted by Crippen LogP contribution is -2.59. The smallest absolute Gasteiger partial charge is 0.257 e. The van der Waals surface area contributed by atoms with Gasteiger partial charge >= 0.3 is 0 Å². The summed E-state index contributed by atoms with van der Waals surface area (Å²) in [6, 6.07) is 0.210. The van der Waals surface area contributed by atoms with E-state index in [9.17, 15) is 9.59 Å². The lowest BCUT2D eigenvalue weighted by Gasteiger charge is -2.50. The third-order valence-electron chi connectivity index (χ3n) is 6.09. The zero-order chi connectivity index (χ0) is 20.6. The molecule has 0 atom stereocenters. The number of hydrogen-bond donors (Lipinski definition) is 1. The average Bonchev–Trinajstić information content (AvgIpc) is 3.39. The second-order valence-corrected chi connectivity index (χ2v) is 8.08. The molecule has 1 N–H and O–H groups in total. The highest BCUT2D eigenvalue weighted by molar-refractivity contribution is 5.93. The molecule has 1 spiro atoms. The Labute approximate surface area is 170 Å². The van der Waals surface area contributed by atoms with Crippen LogP contribution in [0.3, 0.4) is 0 Å². The molecule has 4 rings (SSSR count). The first-order chi connectivity index (χ1) is 14.0. The van der Waals surface area contributed by atoms with E-state index in [1.54, 1.807) is 23.4 Å². The SMILES string of the molecule is COCC(=O)N1CCc2[nH]cnc2C12CCN(C(=O)c1cnn(C(C)C)c1)CC2. The Bertz CT molecular complexity index is 894. The summed E-state index contributed by atoms with van der Waals surface area (Å²) < 4.78 is 6.90. The van der Waals surface area contributed by atoms with Crippen molar-refractivity contribution in [3.63, 3.8) is 0 Å². The van der Waals surface area contributed by atoms with Gasteiger partial charge < -0.3 is 19.5 Å². The minimum atomic E-state index is -0.484. The molecule has 2 aromatic heterocycles. The number of nitrogens with one attached hydrogen (secondary N) is 1. The van der Waals surface area contributed by atoms with Gasteiger partial charge in [0.05, 0.1) is 29.3 Å². The summed E-state index contributed by atoms with van der Waals surface area (Å²) in [6.45, 7) is 5.87. The number of likely N-dealkylation sites (tertiary alicyclic amines) is 1. The number of imidazole rings is 1. The highest BCUT2D eigenvalue weighted by atomic mass is 16.5. The van der Waals surface area contributed by atoms with E-state index in [1.165, 1.54) is 7.11 Å². The van der Waals surface area contributed by atoms with E-state index in [4.69, 9.17) is 4.74 Å². The lowest BCUT2D eigenvalue weighted by atomic mass is 9.78. The largest absolute Gasteiger partial charge is 0.375 e. The van der Waals surface area contributed by atoms with Gasteiger partial charge in [0.25, 0.3) is 5.91 Å². The molecule has 1 fully saturated rings. The zero-order valence-corrected chi connectivity index (χ0v) is 17.2. The summed E-state index contributed by atoms with van der Waals surface area (Å²) in [4.78, 5) is 37.3. The number of carbonyl (C=O) groups excluding carboxylic acids is 2. The summed E-state index contributed by atoms with van der Waals surface area (Å²) in [7, 11) is 1.53. The number of piperidine rings is 1. The molecule has 0 bridgehead atoms. The van der Waals surface area contributed by atoms with Crippen molar-refractivity contribution in [2.24, 2.45) is 0 Å². The fourth-order valence-corrected chi connectivity index (χ4v) is 4.54. The van der Waals surface area contributed by atoms with Crippen LogP contribution in [-0.4, -0.2) is 74.7 Å². The maximum absolute atomic E-state index is 13.0. The van der Waals surface area contributed by atoms with E-state index in [2.05, 4.69) is 15.1 Å². The average molecular weight is 400 g/mol. The van der Waals surface area contributed by atoms with Gasteiger partial charge in [-0.3, -0.25) is 14.3 Å². The van der Waals surface area contributed by atoms with Crippen LogP contribution in [0.25, 0.3) is 0 Å². The summed E-state index contributed by atoms with van der Waals surface area (Å²) in [5, 5.41) is 4.28. The second kappa shape index (κ2) is 7.62. The number of hydrogen-bond acceptors (Lipinski definition) is 5. The predicted molar refractivity (Wildman–Crippen MR) is 105 cm³/mol. The van der Waals surface area contributed by atoms with Crippen molar-refractivity contribution in [2.45, 2.75) is 44.7 Å². The second-order valence-electron chi connectivity index (χ2n) is 8.08. The van der Waals surface area contributed by atoms with E-state index in [1.807, 2.05) is 23.6 Å². The van der Waals surface area contributed by atoms with Gasteiger partial charge in [-0.05, 0) is 26.7 Å². The maximum Gasteiger partial charge on any atom is 0.257 e. The molecule has 0 radical (unpaired) electrons. The fraction of sp³-hybridized carbons (Fsp3) is 0.600. The van der Waals surface area contributed by atoms with Gasteiger partial charge in [-0.2, -0.15) is 5.10 Å². The summed E-state index contributed by atoms with van der Waals surface area (Å²) in [6.07, 6.45) is 7.21. The Kier molecular flexibility index (Phi) is 5.16.